The maximum Gasteiger partial charge on any atom is 0.170 e. The Morgan fingerprint density at radius 1 is 1.41 bits per heavy atom. The number of allylic oxidation sites excluding steroid dienone is 1. The number of rotatable bonds is 5. The highest BCUT2D eigenvalue weighted by Gasteiger charge is 2.04. The first-order valence-corrected chi connectivity index (χ1v) is 5.55. The maximum atomic E-state index is 8.69. The number of nitrogens with one attached hydrogen (secondary N) is 1. The van der Waals surface area contributed by atoms with Gasteiger partial charge in [-0.05, 0) is 19.4 Å². The van der Waals surface area contributed by atoms with Gasteiger partial charge in [0.15, 0.2) is 5.84 Å². The summed E-state index contributed by atoms with van der Waals surface area (Å²) in [6.07, 6.45) is 2.12. The molecule has 4 heteroatoms. The zero-order valence-electron chi connectivity index (χ0n) is 10.3. The van der Waals surface area contributed by atoms with Crippen LogP contribution in [0.15, 0.2) is 41.1 Å². The lowest BCUT2D eigenvalue weighted by molar-refractivity contribution is 0.318. The third kappa shape index (κ3) is 4.28. The van der Waals surface area contributed by atoms with Crippen LogP contribution in [-0.2, 0) is 6.54 Å². The summed E-state index contributed by atoms with van der Waals surface area (Å²) < 4.78 is 0. The SMILES string of the molecule is CC(C)=CCNCc1ccccc1/C(N)=N/O. The molecule has 0 saturated carbocycles. The molecular formula is C13H19N3O. The van der Waals surface area contributed by atoms with Crippen LogP contribution in [0, 0.1) is 0 Å². The highest BCUT2D eigenvalue weighted by atomic mass is 16.4. The predicted molar refractivity (Wildman–Crippen MR) is 70.1 cm³/mol. The van der Waals surface area contributed by atoms with Crippen molar-refractivity contribution < 1.29 is 5.21 Å². The summed E-state index contributed by atoms with van der Waals surface area (Å²) >= 11 is 0. The van der Waals surface area contributed by atoms with Gasteiger partial charge < -0.3 is 16.3 Å². The van der Waals surface area contributed by atoms with Gasteiger partial charge in [-0.3, -0.25) is 0 Å². The Morgan fingerprint density at radius 2 is 2.12 bits per heavy atom. The van der Waals surface area contributed by atoms with E-state index in [0.29, 0.717) is 6.54 Å². The molecule has 0 unspecified atom stereocenters. The van der Waals surface area contributed by atoms with Gasteiger partial charge in [-0.2, -0.15) is 0 Å². The Bertz CT molecular complexity index is 420. The summed E-state index contributed by atoms with van der Waals surface area (Å²) in [5.74, 6) is 0.143. The number of nitrogens with two attached hydrogens (primary N) is 1. The van der Waals surface area contributed by atoms with Gasteiger partial charge >= 0.3 is 0 Å². The Hall–Kier alpha value is -1.81. The van der Waals surface area contributed by atoms with E-state index in [1.54, 1.807) is 0 Å². The van der Waals surface area contributed by atoms with Gasteiger partial charge in [-0.1, -0.05) is 41.1 Å². The molecule has 0 spiro atoms. The van der Waals surface area contributed by atoms with Gasteiger partial charge in [0.25, 0.3) is 0 Å². The van der Waals surface area contributed by atoms with E-state index in [9.17, 15) is 0 Å². The molecule has 0 aromatic heterocycles. The molecule has 17 heavy (non-hydrogen) atoms. The fourth-order valence-corrected chi connectivity index (χ4v) is 1.46. The van der Waals surface area contributed by atoms with E-state index >= 15 is 0 Å². The molecule has 0 heterocycles. The van der Waals surface area contributed by atoms with E-state index < -0.39 is 0 Å². The fourth-order valence-electron chi connectivity index (χ4n) is 1.46. The number of nitrogens with zero attached hydrogens (tertiary/aromatic N) is 1. The van der Waals surface area contributed by atoms with E-state index in [4.69, 9.17) is 10.9 Å². The van der Waals surface area contributed by atoms with Crippen LogP contribution in [0.1, 0.15) is 25.0 Å². The molecule has 0 aliphatic carbocycles. The zero-order chi connectivity index (χ0) is 12.7. The molecule has 4 N–H and O–H groups in total. The van der Waals surface area contributed by atoms with Gasteiger partial charge in [0, 0.05) is 18.7 Å². The minimum Gasteiger partial charge on any atom is -0.409 e. The van der Waals surface area contributed by atoms with E-state index in [0.717, 1.165) is 17.7 Å². The molecule has 0 bridgehead atoms. The number of hydrogen-bond donors (Lipinski definition) is 3. The van der Waals surface area contributed by atoms with Crippen LogP contribution in [0.3, 0.4) is 0 Å². The third-order valence-corrected chi connectivity index (χ3v) is 2.37. The van der Waals surface area contributed by atoms with Crippen molar-refractivity contribution in [1.29, 1.82) is 0 Å². The molecule has 92 valence electrons. The standard InChI is InChI=1S/C13H19N3O/c1-10(2)7-8-15-9-11-5-3-4-6-12(11)13(14)16-17/h3-7,15,17H,8-9H2,1-2H3,(H2,14,16). The van der Waals surface area contributed by atoms with Crippen LogP contribution in [-0.4, -0.2) is 17.6 Å². The number of hydrogen-bond acceptors (Lipinski definition) is 3. The van der Waals surface area contributed by atoms with Crippen molar-refractivity contribution in [3.8, 4) is 0 Å². The summed E-state index contributed by atoms with van der Waals surface area (Å²) in [6.45, 7) is 5.63. The minimum absolute atomic E-state index is 0.143. The van der Waals surface area contributed by atoms with E-state index in [1.165, 1.54) is 5.57 Å². The second-order valence-electron chi connectivity index (χ2n) is 4.05. The molecule has 0 amide bonds. The predicted octanol–water partition coefficient (Wildman–Crippen LogP) is 1.84. The normalized spacial score (nSPS) is 11.3. The summed E-state index contributed by atoms with van der Waals surface area (Å²) in [4.78, 5) is 0. The lowest BCUT2D eigenvalue weighted by atomic mass is 10.1. The molecule has 0 aliphatic rings. The number of amidine groups is 1. The van der Waals surface area contributed by atoms with E-state index in [-0.39, 0.29) is 5.84 Å². The summed E-state index contributed by atoms with van der Waals surface area (Å²) in [5, 5.41) is 15.0. The van der Waals surface area contributed by atoms with Crippen molar-refractivity contribution in [2.75, 3.05) is 6.54 Å². The lowest BCUT2D eigenvalue weighted by Gasteiger charge is -2.08. The monoisotopic (exact) mass is 233 g/mol. The van der Waals surface area contributed by atoms with E-state index in [1.807, 2.05) is 24.3 Å². The van der Waals surface area contributed by atoms with Crippen molar-refractivity contribution in [1.82, 2.24) is 5.32 Å². The van der Waals surface area contributed by atoms with Crippen LogP contribution in [0.4, 0.5) is 0 Å². The second kappa shape index (κ2) is 6.70. The molecule has 1 rings (SSSR count). The molecule has 0 atom stereocenters. The highest BCUT2D eigenvalue weighted by Crippen LogP contribution is 2.08. The van der Waals surface area contributed by atoms with Crippen LogP contribution >= 0.6 is 0 Å². The maximum absolute atomic E-state index is 8.69. The number of benzene rings is 1. The smallest absolute Gasteiger partial charge is 0.170 e. The Kier molecular flexibility index (Phi) is 5.23. The minimum atomic E-state index is 0.143. The molecule has 0 radical (unpaired) electrons. The van der Waals surface area contributed by atoms with Gasteiger partial charge in [0.1, 0.15) is 0 Å². The second-order valence-corrected chi connectivity index (χ2v) is 4.05. The molecule has 4 nitrogen and oxygen atoms in total. The summed E-state index contributed by atoms with van der Waals surface area (Å²) in [5.41, 5.74) is 8.67. The van der Waals surface area contributed by atoms with Crippen LogP contribution in [0.25, 0.3) is 0 Å². The van der Waals surface area contributed by atoms with Gasteiger partial charge in [-0.25, -0.2) is 0 Å². The Labute approximate surface area is 102 Å². The average Bonchev–Trinajstić information content (AvgIpc) is 2.34. The topological polar surface area (TPSA) is 70.6 Å². The third-order valence-electron chi connectivity index (χ3n) is 2.37. The quantitative estimate of drug-likeness (QED) is 0.181. The van der Waals surface area contributed by atoms with Crippen molar-refractivity contribution in [2.24, 2.45) is 10.9 Å². The van der Waals surface area contributed by atoms with Crippen LogP contribution < -0.4 is 11.1 Å². The first kappa shape index (κ1) is 13.3. The van der Waals surface area contributed by atoms with Gasteiger partial charge in [0.05, 0.1) is 0 Å². The largest absolute Gasteiger partial charge is 0.409 e. The van der Waals surface area contributed by atoms with Crippen molar-refractivity contribution in [3.05, 3.63) is 47.0 Å². The lowest BCUT2D eigenvalue weighted by Crippen LogP contribution is -2.20. The Morgan fingerprint density at radius 3 is 2.76 bits per heavy atom. The molecular weight excluding hydrogens is 214 g/mol. The van der Waals surface area contributed by atoms with Crippen molar-refractivity contribution >= 4 is 5.84 Å². The van der Waals surface area contributed by atoms with Crippen LogP contribution in [0.5, 0.6) is 0 Å². The van der Waals surface area contributed by atoms with E-state index in [2.05, 4.69) is 30.4 Å². The highest BCUT2D eigenvalue weighted by molar-refractivity contribution is 5.98. The summed E-state index contributed by atoms with van der Waals surface area (Å²) in [7, 11) is 0. The molecule has 1 aromatic carbocycles. The average molecular weight is 233 g/mol. The van der Waals surface area contributed by atoms with Gasteiger partial charge in [0.2, 0.25) is 0 Å². The molecule has 0 aliphatic heterocycles. The van der Waals surface area contributed by atoms with Crippen molar-refractivity contribution in [3.63, 3.8) is 0 Å². The first-order valence-electron chi connectivity index (χ1n) is 5.55. The van der Waals surface area contributed by atoms with Crippen molar-refractivity contribution in [2.45, 2.75) is 20.4 Å². The molecule has 1 aromatic rings. The summed E-state index contributed by atoms with van der Waals surface area (Å²) in [6, 6.07) is 7.61. The molecule has 0 saturated heterocycles. The first-order chi connectivity index (χ1) is 8.15. The molecule has 0 fully saturated rings. The number of oxime groups is 1. The fraction of sp³-hybridized carbons (Fsp3) is 0.308. The zero-order valence-corrected chi connectivity index (χ0v) is 10.3. The Balaban J connectivity index is 2.68. The van der Waals surface area contributed by atoms with Gasteiger partial charge in [-0.15, -0.1) is 0 Å². The van der Waals surface area contributed by atoms with Crippen LogP contribution in [0.2, 0.25) is 0 Å².